The summed E-state index contributed by atoms with van der Waals surface area (Å²) < 4.78 is 19.6. The first kappa shape index (κ1) is 15.2. The molecule has 12 heavy (non-hydrogen) atoms. The molecule has 0 atom stereocenters. The first-order chi connectivity index (χ1) is 5.12. The van der Waals surface area contributed by atoms with Crippen LogP contribution >= 0.6 is 7.82 Å². The molecule has 0 N–H and O–H groups in total. The molecule has 0 heterocycles. The van der Waals surface area contributed by atoms with E-state index in [9.17, 15) is 9.46 Å². The van der Waals surface area contributed by atoms with Crippen molar-refractivity contribution in [2.24, 2.45) is 0 Å². The Bertz CT molecular complexity index is 130. The Morgan fingerprint density at radius 1 is 1.17 bits per heavy atom. The van der Waals surface area contributed by atoms with Crippen molar-refractivity contribution in [2.45, 2.75) is 26.7 Å². The molecule has 68 valence electrons. The zero-order chi connectivity index (χ0) is 8.74. The second kappa shape index (κ2) is 8.34. The summed E-state index contributed by atoms with van der Waals surface area (Å²) in [5.74, 6) is 0. The topological polar surface area (TPSA) is 58.6 Å². The van der Waals surface area contributed by atoms with Crippen molar-refractivity contribution < 1.29 is 38.0 Å². The second-order valence-electron chi connectivity index (χ2n) is 2.11. The number of hydrogen-bond donors (Lipinski definition) is 0. The van der Waals surface area contributed by atoms with Gasteiger partial charge in [0.15, 0.2) is 0 Å². The largest absolute Gasteiger partial charge is 2.00 e. The zero-order valence-electron chi connectivity index (χ0n) is 7.62. The normalized spacial score (nSPS) is 10.9. The summed E-state index contributed by atoms with van der Waals surface area (Å²) in [4.78, 5) is 10.7. The van der Waals surface area contributed by atoms with Crippen LogP contribution in [0, 0.1) is 0 Å². The van der Waals surface area contributed by atoms with Crippen molar-refractivity contribution in [2.75, 3.05) is 13.2 Å². The van der Waals surface area contributed by atoms with Gasteiger partial charge in [-0.25, -0.2) is 0 Å². The Kier molecular flexibility index (Phi) is 10.6. The van der Waals surface area contributed by atoms with Crippen molar-refractivity contribution in [3.8, 4) is 0 Å². The Labute approximate surface area is 86.0 Å². The number of rotatable bonds is 6. The fraction of sp³-hybridized carbons (Fsp3) is 1.00. The molecule has 0 saturated heterocycles. The first-order valence-corrected chi connectivity index (χ1v) is 5.18. The van der Waals surface area contributed by atoms with Crippen molar-refractivity contribution in [1.29, 1.82) is 0 Å². The van der Waals surface area contributed by atoms with Gasteiger partial charge in [0.1, 0.15) is 0 Å². The molecule has 0 unspecified atom stereocenters. The minimum atomic E-state index is -3.98. The molecule has 0 amide bonds. The molecule has 0 bridgehead atoms. The zero-order valence-corrected chi connectivity index (χ0v) is 11.5. The number of phosphoric ester groups is 1. The molecule has 0 aliphatic heterocycles. The summed E-state index contributed by atoms with van der Waals surface area (Å²) in [5.41, 5.74) is 0. The fourth-order valence-electron chi connectivity index (χ4n) is 0.443. The van der Waals surface area contributed by atoms with Crippen LogP contribution in [0.3, 0.4) is 0 Å². The summed E-state index contributed by atoms with van der Waals surface area (Å²) >= 11 is 0. The van der Waals surface area contributed by atoms with Crippen LogP contribution in [-0.4, -0.2) is 13.2 Å². The molecule has 4 nitrogen and oxygen atoms in total. The second-order valence-corrected chi connectivity index (χ2v) is 3.52. The molecule has 0 aliphatic carbocycles. The molecule has 0 radical (unpaired) electrons. The number of hydrogen-bond acceptors (Lipinski definition) is 4. The van der Waals surface area contributed by atoms with Gasteiger partial charge in [-0.2, -0.15) is 0 Å². The van der Waals surface area contributed by atoms with Crippen LogP contribution in [-0.2, 0) is 33.1 Å². The van der Waals surface area contributed by atoms with Gasteiger partial charge in [0.25, 0.3) is 7.82 Å². The first-order valence-electron chi connectivity index (χ1n) is 3.72. The maximum Gasteiger partial charge on any atom is 2.00 e. The molecule has 6 heteroatoms. The average molecular weight is 247 g/mol. The van der Waals surface area contributed by atoms with E-state index in [4.69, 9.17) is 0 Å². The standard InChI is InChI=1S/C6H15O4P.Zn/c1-3-5-9-11(7,8)10-6-4-2;/h3-6H2,1-2H3,(H,7,8);/q;+2/p-1. The molecule has 0 fully saturated rings. The molecule has 0 aromatic carbocycles. The molecule has 0 spiro atoms. The predicted molar refractivity (Wildman–Crippen MR) is 40.1 cm³/mol. The van der Waals surface area contributed by atoms with Gasteiger partial charge in [-0.3, -0.25) is 4.57 Å². The Morgan fingerprint density at radius 3 is 1.75 bits per heavy atom. The van der Waals surface area contributed by atoms with Gasteiger partial charge in [0.2, 0.25) is 0 Å². The summed E-state index contributed by atoms with van der Waals surface area (Å²) in [5, 5.41) is 0. The number of phosphoric acid groups is 1. The van der Waals surface area contributed by atoms with E-state index < -0.39 is 7.82 Å². The van der Waals surface area contributed by atoms with E-state index in [0.29, 0.717) is 12.8 Å². The van der Waals surface area contributed by atoms with Crippen molar-refractivity contribution >= 4 is 7.82 Å². The minimum Gasteiger partial charge on any atom is -0.756 e. The van der Waals surface area contributed by atoms with Gasteiger partial charge in [-0.1, -0.05) is 13.8 Å². The van der Waals surface area contributed by atoms with Crippen LogP contribution in [0.5, 0.6) is 0 Å². The van der Waals surface area contributed by atoms with E-state index in [1.165, 1.54) is 0 Å². The van der Waals surface area contributed by atoms with Gasteiger partial charge in [-0.15, -0.1) is 0 Å². The van der Waals surface area contributed by atoms with Crippen molar-refractivity contribution in [3.63, 3.8) is 0 Å². The van der Waals surface area contributed by atoms with E-state index in [1.807, 2.05) is 13.8 Å². The Hall–Kier alpha value is 0.733. The summed E-state index contributed by atoms with van der Waals surface area (Å²) in [6.07, 6.45) is 1.34. The molecule has 0 aliphatic rings. The molecule has 0 aromatic heterocycles. The van der Waals surface area contributed by atoms with Gasteiger partial charge in [0, 0.05) is 0 Å². The Morgan fingerprint density at radius 2 is 1.50 bits per heavy atom. The maximum absolute atomic E-state index is 10.7. The predicted octanol–water partition coefficient (Wildman–Crippen LogP) is 1.31. The van der Waals surface area contributed by atoms with Crippen LogP contribution in [0.1, 0.15) is 26.7 Å². The van der Waals surface area contributed by atoms with Crippen LogP contribution in [0.25, 0.3) is 0 Å². The van der Waals surface area contributed by atoms with E-state index in [2.05, 4.69) is 9.05 Å². The van der Waals surface area contributed by atoms with Gasteiger partial charge >= 0.3 is 19.5 Å². The van der Waals surface area contributed by atoms with E-state index >= 15 is 0 Å². The average Bonchev–Trinajstić information content (AvgIpc) is 1.97. The molecule has 0 aromatic rings. The molecule has 0 saturated carbocycles. The van der Waals surface area contributed by atoms with Crippen LogP contribution in [0.4, 0.5) is 0 Å². The fourth-order valence-corrected chi connectivity index (χ4v) is 1.33. The Balaban J connectivity index is 0. The quantitative estimate of drug-likeness (QED) is 0.524. The summed E-state index contributed by atoms with van der Waals surface area (Å²) in [7, 11) is -3.98. The van der Waals surface area contributed by atoms with Gasteiger partial charge in [-0.05, 0) is 12.8 Å². The molecule has 0 rings (SSSR count). The molecular formula is C6H14O4PZn+. The smallest absolute Gasteiger partial charge is 0.756 e. The van der Waals surface area contributed by atoms with E-state index in [-0.39, 0.29) is 32.7 Å². The van der Waals surface area contributed by atoms with E-state index in [1.54, 1.807) is 0 Å². The monoisotopic (exact) mass is 245 g/mol. The van der Waals surface area contributed by atoms with E-state index in [0.717, 1.165) is 0 Å². The summed E-state index contributed by atoms with van der Waals surface area (Å²) in [6.45, 7) is 4.06. The third kappa shape index (κ3) is 8.83. The van der Waals surface area contributed by atoms with Crippen molar-refractivity contribution in [1.82, 2.24) is 0 Å². The third-order valence-corrected chi connectivity index (χ3v) is 1.90. The molecular weight excluding hydrogens is 232 g/mol. The van der Waals surface area contributed by atoms with Gasteiger partial charge < -0.3 is 13.9 Å². The maximum atomic E-state index is 10.7. The van der Waals surface area contributed by atoms with Crippen LogP contribution in [0.15, 0.2) is 0 Å². The SMILES string of the molecule is CCCOP(=O)([O-])OCCC.[Zn+2]. The minimum absolute atomic E-state index is 0. The van der Waals surface area contributed by atoms with Crippen molar-refractivity contribution in [3.05, 3.63) is 0 Å². The summed E-state index contributed by atoms with van der Waals surface area (Å²) in [6, 6.07) is 0. The van der Waals surface area contributed by atoms with Crippen LogP contribution in [0.2, 0.25) is 0 Å². The van der Waals surface area contributed by atoms with Gasteiger partial charge in [0.05, 0.1) is 13.2 Å². The third-order valence-electron chi connectivity index (χ3n) is 0.907. The van der Waals surface area contributed by atoms with Crippen LogP contribution < -0.4 is 4.89 Å².